The summed E-state index contributed by atoms with van der Waals surface area (Å²) in [4.78, 5) is 9.01. The molecule has 0 spiro atoms. The van der Waals surface area contributed by atoms with Crippen LogP contribution in [-0.2, 0) is 0 Å². The fourth-order valence-corrected chi connectivity index (χ4v) is 0. The van der Waals surface area contributed by atoms with Gasteiger partial charge in [0.2, 0.25) is 0 Å². The van der Waals surface area contributed by atoms with Gasteiger partial charge >= 0.3 is 6.09 Å². The molecule has 0 radical (unpaired) electrons. The van der Waals surface area contributed by atoms with E-state index in [2.05, 4.69) is 0 Å². The molecule has 1 amide bonds. The molecule has 36 valence electrons. The zero-order chi connectivity index (χ0) is 4.28. The highest BCUT2D eigenvalue weighted by atomic mass is 27.0. The number of amides is 1. The molecule has 4 nitrogen and oxygen atoms in total. The highest BCUT2D eigenvalue weighted by Gasteiger charge is 1.79. The second-order valence-electron chi connectivity index (χ2n) is 0.417. The molecule has 0 rings (SSSR count). The third kappa shape index (κ3) is 9.24. The van der Waals surface area contributed by atoms with Crippen LogP contribution in [-0.4, -0.2) is 33.8 Å². The number of hydroxylamine groups is 1. The molecule has 0 aliphatic rings. The summed E-state index contributed by atoms with van der Waals surface area (Å²) in [5.41, 5.74) is 0.944. The van der Waals surface area contributed by atoms with Crippen LogP contribution in [0.15, 0.2) is 0 Å². The van der Waals surface area contributed by atoms with Gasteiger partial charge < -0.3 is 5.11 Å². The van der Waals surface area contributed by atoms with E-state index < -0.39 is 6.09 Å². The first-order valence-corrected chi connectivity index (χ1v) is 0.901. The minimum atomic E-state index is -1.44. The van der Waals surface area contributed by atoms with Gasteiger partial charge in [-0.15, -0.1) is 0 Å². The number of carboxylic acid groups (broad SMARTS) is 1. The number of carbonyl (C=O) groups is 1. The van der Waals surface area contributed by atoms with E-state index in [1.165, 1.54) is 0 Å². The summed E-state index contributed by atoms with van der Waals surface area (Å²) in [6.07, 6.45) is -1.44. The Labute approximate surface area is 44.9 Å². The van der Waals surface area contributed by atoms with E-state index in [1.807, 2.05) is 0 Å². The van der Waals surface area contributed by atoms with Crippen LogP contribution in [0.5, 0.6) is 0 Å². The lowest BCUT2D eigenvalue weighted by atomic mass is 11.3. The summed E-state index contributed by atoms with van der Waals surface area (Å²) < 4.78 is 0. The van der Waals surface area contributed by atoms with Crippen molar-refractivity contribution in [3.63, 3.8) is 0 Å². The lowest BCUT2D eigenvalue weighted by Crippen LogP contribution is -2.14. The summed E-state index contributed by atoms with van der Waals surface area (Å²) in [5.74, 6) is 0. The van der Waals surface area contributed by atoms with Gasteiger partial charge in [0.05, 0.1) is 0 Å². The first-order chi connectivity index (χ1) is 2.27. The standard InChI is InChI=1S/CH3NO3.Al.3H/c3-1(4)2-5;;;;/h2,5H,(H,3,4);;;;. The Hall–Kier alpha value is -0.238. The Morgan fingerprint density at radius 1 is 1.67 bits per heavy atom. The normalized spacial score (nSPS) is 5.50. The van der Waals surface area contributed by atoms with Crippen molar-refractivity contribution in [3.8, 4) is 0 Å². The van der Waals surface area contributed by atoms with Gasteiger partial charge in [0.15, 0.2) is 17.4 Å². The third-order valence-corrected chi connectivity index (χ3v) is 0.0956. The molecule has 6 heavy (non-hydrogen) atoms. The van der Waals surface area contributed by atoms with Crippen molar-refractivity contribution >= 4 is 23.5 Å². The molecule has 0 aromatic heterocycles. The van der Waals surface area contributed by atoms with Crippen LogP contribution in [0.4, 0.5) is 4.79 Å². The predicted molar refractivity (Wildman–Crippen MR) is 22.9 cm³/mol. The lowest BCUT2D eigenvalue weighted by molar-refractivity contribution is 0.122. The molecule has 0 saturated carbocycles. The van der Waals surface area contributed by atoms with Crippen LogP contribution in [0.2, 0.25) is 0 Å². The van der Waals surface area contributed by atoms with Crippen molar-refractivity contribution in [1.82, 2.24) is 5.48 Å². The minimum Gasteiger partial charge on any atom is -0.464 e. The van der Waals surface area contributed by atoms with E-state index in [1.54, 1.807) is 0 Å². The molecular weight excluding hydrogens is 101 g/mol. The zero-order valence-electron chi connectivity index (χ0n) is 2.30. The maximum Gasteiger partial charge on any atom is 0.428 e. The molecule has 0 unspecified atom stereocenters. The monoisotopic (exact) mass is 107 g/mol. The van der Waals surface area contributed by atoms with Gasteiger partial charge in [0.25, 0.3) is 0 Å². The quantitative estimate of drug-likeness (QED) is 0.199. The average molecular weight is 107 g/mol. The van der Waals surface area contributed by atoms with E-state index in [4.69, 9.17) is 15.1 Å². The summed E-state index contributed by atoms with van der Waals surface area (Å²) in [5, 5.41) is 14.7. The van der Waals surface area contributed by atoms with Crippen LogP contribution in [0.25, 0.3) is 0 Å². The zero-order valence-corrected chi connectivity index (χ0v) is 2.30. The molecule has 0 saturated heterocycles. The molecular formula is CH6AlNO3. The molecule has 0 aromatic rings. The number of nitrogens with one attached hydrogen (secondary N) is 1. The van der Waals surface area contributed by atoms with Crippen LogP contribution < -0.4 is 5.48 Å². The molecule has 3 N–H and O–H groups in total. The number of rotatable bonds is 0. The number of hydrogen-bond acceptors (Lipinski definition) is 2. The van der Waals surface area contributed by atoms with E-state index in [9.17, 15) is 0 Å². The fourth-order valence-electron chi connectivity index (χ4n) is 0. The van der Waals surface area contributed by atoms with Crippen LogP contribution in [0.1, 0.15) is 0 Å². The molecule has 0 aromatic carbocycles. The van der Waals surface area contributed by atoms with Gasteiger partial charge in [0.1, 0.15) is 0 Å². The average Bonchev–Trinajstić information content (AvgIpc) is 1.38. The van der Waals surface area contributed by atoms with Gasteiger partial charge in [0, 0.05) is 0 Å². The molecule has 0 atom stereocenters. The Balaban J connectivity index is 0. The molecule has 0 aliphatic carbocycles. The van der Waals surface area contributed by atoms with E-state index in [-0.39, 0.29) is 17.4 Å². The summed E-state index contributed by atoms with van der Waals surface area (Å²) in [6, 6.07) is 0. The van der Waals surface area contributed by atoms with E-state index in [0.29, 0.717) is 0 Å². The van der Waals surface area contributed by atoms with Gasteiger partial charge in [-0.05, 0) is 0 Å². The first-order valence-electron chi connectivity index (χ1n) is 0.901. The van der Waals surface area contributed by atoms with E-state index in [0.717, 1.165) is 5.48 Å². The van der Waals surface area contributed by atoms with Crippen LogP contribution in [0.3, 0.4) is 0 Å². The van der Waals surface area contributed by atoms with Crippen LogP contribution in [0, 0.1) is 0 Å². The smallest absolute Gasteiger partial charge is 0.428 e. The van der Waals surface area contributed by atoms with Crippen LogP contribution >= 0.6 is 0 Å². The predicted octanol–water partition coefficient (Wildman–Crippen LogP) is -1.54. The molecule has 0 heterocycles. The largest absolute Gasteiger partial charge is 0.464 e. The topological polar surface area (TPSA) is 69.6 Å². The van der Waals surface area contributed by atoms with Gasteiger partial charge in [-0.2, -0.15) is 0 Å². The molecule has 5 heteroatoms. The third-order valence-electron chi connectivity index (χ3n) is 0.0956. The second kappa shape index (κ2) is 4.76. The fraction of sp³-hybridized carbons (Fsp3) is 0. The second-order valence-corrected chi connectivity index (χ2v) is 0.417. The maximum atomic E-state index is 9.01. The summed E-state index contributed by atoms with van der Waals surface area (Å²) in [6.45, 7) is 0. The summed E-state index contributed by atoms with van der Waals surface area (Å²) in [7, 11) is 0. The highest BCUT2D eigenvalue weighted by molar-refractivity contribution is 5.75. The number of hydrogen-bond donors (Lipinski definition) is 3. The minimum absolute atomic E-state index is 0. The van der Waals surface area contributed by atoms with Crippen molar-refractivity contribution in [2.24, 2.45) is 0 Å². The van der Waals surface area contributed by atoms with Crippen molar-refractivity contribution in [3.05, 3.63) is 0 Å². The van der Waals surface area contributed by atoms with Crippen molar-refractivity contribution in [1.29, 1.82) is 0 Å². The van der Waals surface area contributed by atoms with Crippen molar-refractivity contribution in [2.45, 2.75) is 0 Å². The first kappa shape index (κ1) is 9.23. The Morgan fingerprint density at radius 3 is 1.83 bits per heavy atom. The molecule has 0 fully saturated rings. The maximum absolute atomic E-state index is 9.01. The van der Waals surface area contributed by atoms with Gasteiger partial charge in [-0.3, -0.25) is 5.21 Å². The molecule has 0 aliphatic heterocycles. The Kier molecular flexibility index (Phi) is 7.33. The Bertz CT molecular complexity index is 46.1. The highest BCUT2D eigenvalue weighted by Crippen LogP contribution is 1.45. The van der Waals surface area contributed by atoms with Gasteiger partial charge in [-0.1, -0.05) is 0 Å². The van der Waals surface area contributed by atoms with E-state index >= 15 is 0 Å². The Morgan fingerprint density at radius 2 is 1.83 bits per heavy atom. The summed E-state index contributed by atoms with van der Waals surface area (Å²) >= 11 is 0. The van der Waals surface area contributed by atoms with Gasteiger partial charge in [-0.25, -0.2) is 10.3 Å². The lowest BCUT2D eigenvalue weighted by Gasteiger charge is -1.77. The SMILES string of the molecule is O=C(O)NO.[AlH3]. The molecule has 0 bridgehead atoms. The van der Waals surface area contributed by atoms with Crippen molar-refractivity contribution < 1.29 is 15.1 Å². The van der Waals surface area contributed by atoms with Crippen molar-refractivity contribution in [2.75, 3.05) is 0 Å².